The summed E-state index contributed by atoms with van der Waals surface area (Å²) in [6.45, 7) is 6.02. The lowest BCUT2D eigenvalue weighted by Crippen LogP contribution is -2.50. The molecule has 2 aliphatic heterocycles. The van der Waals surface area contributed by atoms with Gasteiger partial charge >= 0.3 is 5.91 Å². The largest absolute Gasteiger partial charge is 0.373 e. The van der Waals surface area contributed by atoms with Crippen molar-refractivity contribution in [1.82, 2.24) is 4.90 Å². The van der Waals surface area contributed by atoms with Crippen LogP contribution < -0.4 is 4.90 Å². The molecule has 0 radical (unpaired) electrons. The van der Waals surface area contributed by atoms with Gasteiger partial charge in [0.05, 0.1) is 30.1 Å². The molecule has 2 aliphatic rings. The van der Waals surface area contributed by atoms with Crippen molar-refractivity contribution in [1.29, 1.82) is 0 Å². The highest BCUT2D eigenvalue weighted by Gasteiger charge is 2.37. The quantitative estimate of drug-likeness (QED) is 0.762. The molecule has 0 aromatic heterocycles. The lowest BCUT2D eigenvalue weighted by molar-refractivity contribution is -0.115. The zero-order valence-corrected chi connectivity index (χ0v) is 11.7. The first kappa shape index (κ1) is 13.3. The third kappa shape index (κ3) is 2.23. The summed E-state index contributed by atoms with van der Waals surface area (Å²) in [5.74, 6) is -0.840. The fourth-order valence-electron chi connectivity index (χ4n) is 2.99. The number of nitrogens with zero attached hydrogens (tertiary/aromatic N) is 2. The molecule has 106 valence electrons. The molecule has 5 heteroatoms. The zero-order chi connectivity index (χ0) is 14.3. The van der Waals surface area contributed by atoms with E-state index in [0.717, 1.165) is 13.1 Å². The molecule has 2 atom stereocenters. The summed E-state index contributed by atoms with van der Waals surface area (Å²) >= 11 is 0. The van der Waals surface area contributed by atoms with Gasteiger partial charge in [-0.2, -0.15) is 0 Å². The van der Waals surface area contributed by atoms with E-state index in [9.17, 15) is 9.59 Å². The number of anilines is 1. The first-order valence-corrected chi connectivity index (χ1v) is 6.89. The van der Waals surface area contributed by atoms with Gasteiger partial charge in [-0.05, 0) is 26.0 Å². The average molecular weight is 274 g/mol. The number of ether oxygens (including phenoxy) is 1. The highest BCUT2D eigenvalue weighted by molar-refractivity contribution is 6.52. The molecule has 1 fully saturated rings. The minimum atomic E-state index is -0.432. The number of para-hydroxylation sites is 1. The van der Waals surface area contributed by atoms with Crippen molar-refractivity contribution in [2.24, 2.45) is 0 Å². The summed E-state index contributed by atoms with van der Waals surface area (Å²) in [6.07, 6.45) is 0.282. The third-order valence-corrected chi connectivity index (χ3v) is 3.72. The van der Waals surface area contributed by atoms with Crippen LogP contribution in [0, 0.1) is 0 Å². The van der Waals surface area contributed by atoms with E-state index < -0.39 is 11.7 Å². The molecule has 0 N–H and O–H groups in total. The molecule has 5 nitrogen and oxygen atoms in total. The molecule has 0 spiro atoms. The Bertz CT molecular complexity index is 548. The van der Waals surface area contributed by atoms with Gasteiger partial charge in [0, 0.05) is 13.1 Å². The van der Waals surface area contributed by atoms with Crippen LogP contribution in [0.25, 0.3) is 0 Å². The lowest BCUT2D eigenvalue weighted by Gasteiger charge is -2.37. The summed E-state index contributed by atoms with van der Waals surface area (Å²) in [5, 5.41) is 0. The van der Waals surface area contributed by atoms with Crippen LogP contribution in [0.15, 0.2) is 24.3 Å². The third-order valence-electron chi connectivity index (χ3n) is 3.72. The Balaban J connectivity index is 1.81. The van der Waals surface area contributed by atoms with Gasteiger partial charge in [-0.3, -0.25) is 19.4 Å². The number of morpholine rings is 1. The number of amides is 1. The van der Waals surface area contributed by atoms with E-state index in [2.05, 4.69) is 4.90 Å². The van der Waals surface area contributed by atoms with Crippen LogP contribution in [-0.2, 0) is 9.53 Å². The first-order valence-electron chi connectivity index (χ1n) is 6.89. The number of carbonyl (C=O) groups excluding carboxylic acids is 2. The molecular formula is C15H18N2O3. The number of Topliss-reactive ketones (excluding diaryl/α,β-unsaturated/α-hetero) is 1. The van der Waals surface area contributed by atoms with Crippen molar-refractivity contribution >= 4 is 17.4 Å². The second-order valence-electron chi connectivity index (χ2n) is 5.51. The van der Waals surface area contributed by atoms with Crippen LogP contribution in [0.2, 0.25) is 0 Å². The topological polar surface area (TPSA) is 49.9 Å². The molecule has 3 rings (SSSR count). The second kappa shape index (κ2) is 5.00. The number of benzene rings is 1. The van der Waals surface area contributed by atoms with Crippen LogP contribution in [-0.4, -0.2) is 48.6 Å². The number of fused-ring (bicyclic) bond motifs is 1. The molecule has 0 unspecified atom stereocenters. The van der Waals surface area contributed by atoms with Crippen LogP contribution in [0.5, 0.6) is 0 Å². The van der Waals surface area contributed by atoms with Crippen molar-refractivity contribution in [2.45, 2.75) is 26.1 Å². The van der Waals surface area contributed by atoms with Crippen LogP contribution in [0.4, 0.5) is 5.69 Å². The lowest BCUT2D eigenvalue weighted by atomic mass is 10.1. The number of hydrogen-bond acceptors (Lipinski definition) is 4. The van der Waals surface area contributed by atoms with Crippen molar-refractivity contribution in [3.63, 3.8) is 0 Å². The predicted molar refractivity (Wildman–Crippen MR) is 74.7 cm³/mol. The zero-order valence-electron chi connectivity index (χ0n) is 11.7. The maximum Gasteiger partial charge on any atom is 0.300 e. The molecule has 1 amide bonds. The first-order chi connectivity index (χ1) is 9.56. The van der Waals surface area contributed by atoms with Crippen LogP contribution >= 0.6 is 0 Å². The molecule has 1 aromatic rings. The molecular weight excluding hydrogens is 256 g/mol. The highest BCUT2D eigenvalue weighted by atomic mass is 16.5. The monoisotopic (exact) mass is 274 g/mol. The van der Waals surface area contributed by atoms with E-state index in [1.165, 1.54) is 0 Å². The summed E-state index contributed by atoms with van der Waals surface area (Å²) in [5.41, 5.74) is 1.22. The summed E-state index contributed by atoms with van der Waals surface area (Å²) < 4.78 is 5.69. The minimum absolute atomic E-state index is 0.141. The van der Waals surface area contributed by atoms with E-state index in [1.54, 1.807) is 17.0 Å². The number of carbonyl (C=O) groups is 2. The maximum atomic E-state index is 12.1. The predicted octanol–water partition coefficient (Wildman–Crippen LogP) is 1.28. The van der Waals surface area contributed by atoms with Gasteiger partial charge < -0.3 is 4.74 Å². The summed E-state index contributed by atoms with van der Waals surface area (Å²) in [4.78, 5) is 27.8. The van der Waals surface area contributed by atoms with Crippen LogP contribution in [0.1, 0.15) is 24.2 Å². The van der Waals surface area contributed by atoms with Crippen molar-refractivity contribution in [3.05, 3.63) is 29.8 Å². The van der Waals surface area contributed by atoms with E-state index in [4.69, 9.17) is 4.74 Å². The van der Waals surface area contributed by atoms with E-state index in [1.807, 2.05) is 26.0 Å². The Kier molecular flexibility index (Phi) is 3.31. The van der Waals surface area contributed by atoms with Gasteiger partial charge in [-0.25, -0.2) is 0 Å². The molecule has 1 aromatic carbocycles. The summed E-state index contributed by atoms with van der Waals surface area (Å²) in [7, 11) is 0. The SMILES string of the molecule is C[C@@H]1CN(CN2C(=O)C(=O)c3ccccc32)C[C@H](C)O1. The number of hydrogen-bond donors (Lipinski definition) is 0. The molecule has 1 saturated heterocycles. The van der Waals surface area contributed by atoms with Crippen molar-refractivity contribution < 1.29 is 14.3 Å². The highest BCUT2D eigenvalue weighted by Crippen LogP contribution is 2.29. The molecule has 0 saturated carbocycles. The Morgan fingerprint density at radius 1 is 1.15 bits per heavy atom. The fourth-order valence-corrected chi connectivity index (χ4v) is 2.99. The van der Waals surface area contributed by atoms with Gasteiger partial charge in [0.25, 0.3) is 5.78 Å². The Morgan fingerprint density at radius 2 is 1.80 bits per heavy atom. The van der Waals surface area contributed by atoms with E-state index >= 15 is 0 Å². The smallest absolute Gasteiger partial charge is 0.300 e. The van der Waals surface area contributed by atoms with Gasteiger partial charge in [-0.1, -0.05) is 12.1 Å². The van der Waals surface area contributed by atoms with Gasteiger partial charge in [0.15, 0.2) is 0 Å². The summed E-state index contributed by atoms with van der Waals surface area (Å²) in [6, 6.07) is 7.17. The van der Waals surface area contributed by atoms with E-state index in [0.29, 0.717) is 17.9 Å². The molecule has 20 heavy (non-hydrogen) atoms. The minimum Gasteiger partial charge on any atom is -0.373 e. The van der Waals surface area contributed by atoms with Crippen molar-refractivity contribution in [2.75, 3.05) is 24.7 Å². The molecule has 0 bridgehead atoms. The van der Waals surface area contributed by atoms with Crippen molar-refractivity contribution in [3.8, 4) is 0 Å². The number of ketones is 1. The normalized spacial score (nSPS) is 27.0. The average Bonchev–Trinajstić information content (AvgIpc) is 2.64. The fraction of sp³-hybridized carbons (Fsp3) is 0.467. The molecule has 2 heterocycles. The number of rotatable bonds is 2. The standard InChI is InChI=1S/C15H18N2O3/c1-10-7-16(8-11(2)20-10)9-17-13-6-4-3-5-12(13)14(18)15(17)19/h3-6,10-11H,7-9H2,1-2H3/t10-,11+. The van der Waals surface area contributed by atoms with Crippen LogP contribution in [0.3, 0.4) is 0 Å². The Hall–Kier alpha value is -1.72. The van der Waals surface area contributed by atoms with Gasteiger partial charge in [0.2, 0.25) is 0 Å². The van der Waals surface area contributed by atoms with Gasteiger partial charge in [-0.15, -0.1) is 0 Å². The second-order valence-corrected chi connectivity index (χ2v) is 5.51. The Labute approximate surface area is 118 Å². The Morgan fingerprint density at radius 3 is 2.50 bits per heavy atom. The van der Waals surface area contributed by atoms with E-state index in [-0.39, 0.29) is 12.2 Å². The molecule has 0 aliphatic carbocycles. The van der Waals surface area contributed by atoms with Gasteiger partial charge in [0.1, 0.15) is 0 Å². The maximum absolute atomic E-state index is 12.1.